The van der Waals surface area contributed by atoms with Crippen molar-refractivity contribution < 1.29 is 14.7 Å². The van der Waals surface area contributed by atoms with Gasteiger partial charge in [0.25, 0.3) is 0 Å². The van der Waals surface area contributed by atoms with Crippen molar-refractivity contribution in [3.05, 3.63) is 48.0 Å². The molecule has 4 heteroatoms. The van der Waals surface area contributed by atoms with E-state index in [9.17, 15) is 9.59 Å². The summed E-state index contributed by atoms with van der Waals surface area (Å²) in [6.07, 6.45) is 3.61. The first kappa shape index (κ1) is 16.5. The molecule has 0 unspecified atom stereocenters. The lowest BCUT2D eigenvalue weighted by atomic mass is 9.97. The SMILES string of the molecule is O=C(O)[C@H]1CCCN(C(=O)CCCc2ccc3ccccc3c2)C1. The standard InChI is InChI=1S/C20H23NO3/c22-19(21-12-4-8-18(14-21)20(23)24)9-3-5-15-10-11-16-6-1-2-7-17(16)13-15/h1-2,6-7,10-11,13,18H,3-5,8-9,12,14H2,(H,23,24)/t18-/m0/s1. The van der Waals surface area contributed by atoms with Crippen LogP contribution in [0.4, 0.5) is 0 Å². The smallest absolute Gasteiger partial charge is 0.308 e. The summed E-state index contributed by atoms with van der Waals surface area (Å²) in [6, 6.07) is 14.7. The first-order chi connectivity index (χ1) is 11.6. The van der Waals surface area contributed by atoms with Crippen molar-refractivity contribution >= 4 is 22.6 Å². The molecular formula is C20H23NO3. The predicted octanol–water partition coefficient (Wildman–Crippen LogP) is 3.49. The van der Waals surface area contributed by atoms with E-state index >= 15 is 0 Å². The second-order valence-corrected chi connectivity index (χ2v) is 6.55. The van der Waals surface area contributed by atoms with Gasteiger partial charge in [0.2, 0.25) is 5.91 Å². The third-order valence-electron chi connectivity index (χ3n) is 4.79. The zero-order valence-corrected chi connectivity index (χ0v) is 13.8. The Kier molecular flexibility index (Phi) is 5.14. The van der Waals surface area contributed by atoms with E-state index in [-0.39, 0.29) is 5.91 Å². The average Bonchev–Trinajstić information content (AvgIpc) is 2.61. The largest absolute Gasteiger partial charge is 0.481 e. The van der Waals surface area contributed by atoms with Crippen molar-refractivity contribution in [2.75, 3.05) is 13.1 Å². The van der Waals surface area contributed by atoms with E-state index < -0.39 is 11.9 Å². The van der Waals surface area contributed by atoms with E-state index in [1.165, 1.54) is 16.3 Å². The average molecular weight is 325 g/mol. The van der Waals surface area contributed by atoms with Crippen molar-refractivity contribution in [1.82, 2.24) is 4.90 Å². The Labute approximate surface area is 142 Å². The van der Waals surface area contributed by atoms with Gasteiger partial charge in [-0.15, -0.1) is 0 Å². The highest BCUT2D eigenvalue weighted by Crippen LogP contribution is 2.19. The molecule has 1 fully saturated rings. The normalized spacial score (nSPS) is 17.8. The van der Waals surface area contributed by atoms with Crippen molar-refractivity contribution in [3.8, 4) is 0 Å². The monoisotopic (exact) mass is 325 g/mol. The van der Waals surface area contributed by atoms with Crippen LogP contribution in [-0.4, -0.2) is 35.0 Å². The molecule has 2 aromatic carbocycles. The number of hydrogen-bond acceptors (Lipinski definition) is 2. The second kappa shape index (κ2) is 7.47. The molecule has 1 N–H and O–H groups in total. The van der Waals surface area contributed by atoms with E-state index in [2.05, 4.69) is 30.3 Å². The van der Waals surface area contributed by atoms with Crippen LogP contribution in [0.2, 0.25) is 0 Å². The molecule has 0 bridgehead atoms. The fourth-order valence-corrected chi connectivity index (χ4v) is 3.40. The Bertz CT molecular complexity index is 740. The van der Waals surface area contributed by atoms with E-state index in [4.69, 9.17) is 5.11 Å². The third-order valence-corrected chi connectivity index (χ3v) is 4.79. The first-order valence-corrected chi connectivity index (χ1v) is 8.62. The zero-order chi connectivity index (χ0) is 16.9. The molecule has 1 aliphatic heterocycles. The number of piperidine rings is 1. The Hall–Kier alpha value is -2.36. The molecule has 0 aromatic heterocycles. The number of aliphatic carboxylic acids is 1. The number of benzene rings is 2. The van der Waals surface area contributed by atoms with Crippen LogP contribution in [0.5, 0.6) is 0 Å². The van der Waals surface area contributed by atoms with Gasteiger partial charge in [-0.25, -0.2) is 0 Å². The number of aryl methyl sites for hydroxylation is 1. The zero-order valence-electron chi connectivity index (χ0n) is 13.8. The van der Waals surface area contributed by atoms with Crippen LogP contribution in [0.25, 0.3) is 10.8 Å². The number of carbonyl (C=O) groups is 2. The molecule has 4 nitrogen and oxygen atoms in total. The van der Waals surface area contributed by atoms with Crippen LogP contribution in [0.15, 0.2) is 42.5 Å². The minimum Gasteiger partial charge on any atom is -0.481 e. The molecule has 3 rings (SSSR count). The minimum atomic E-state index is -0.788. The van der Waals surface area contributed by atoms with Crippen LogP contribution >= 0.6 is 0 Å². The summed E-state index contributed by atoms with van der Waals surface area (Å²) in [5.41, 5.74) is 1.24. The highest BCUT2D eigenvalue weighted by Gasteiger charge is 2.27. The third kappa shape index (κ3) is 3.94. The number of carboxylic acid groups (broad SMARTS) is 1. The molecular weight excluding hydrogens is 302 g/mol. The van der Waals surface area contributed by atoms with Gasteiger partial charge in [0, 0.05) is 19.5 Å². The molecule has 24 heavy (non-hydrogen) atoms. The van der Waals surface area contributed by atoms with Crippen molar-refractivity contribution in [3.63, 3.8) is 0 Å². The van der Waals surface area contributed by atoms with Crippen LogP contribution < -0.4 is 0 Å². The van der Waals surface area contributed by atoms with E-state index in [1.807, 2.05) is 12.1 Å². The Morgan fingerprint density at radius 1 is 1.12 bits per heavy atom. The van der Waals surface area contributed by atoms with Gasteiger partial charge in [0.05, 0.1) is 5.92 Å². The summed E-state index contributed by atoms with van der Waals surface area (Å²) in [4.78, 5) is 25.1. The number of fused-ring (bicyclic) bond motifs is 1. The number of amides is 1. The number of hydrogen-bond donors (Lipinski definition) is 1. The molecule has 1 atom stereocenters. The predicted molar refractivity (Wildman–Crippen MR) is 93.8 cm³/mol. The highest BCUT2D eigenvalue weighted by molar-refractivity contribution is 5.83. The lowest BCUT2D eigenvalue weighted by molar-refractivity contribution is -0.145. The van der Waals surface area contributed by atoms with E-state index in [0.717, 1.165) is 19.3 Å². The molecule has 0 radical (unpaired) electrons. The summed E-state index contributed by atoms with van der Waals surface area (Å²) in [5.74, 6) is -1.10. The molecule has 0 saturated carbocycles. The summed E-state index contributed by atoms with van der Waals surface area (Å²) in [7, 11) is 0. The summed E-state index contributed by atoms with van der Waals surface area (Å²) >= 11 is 0. The molecule has 1 aliphatic rings. The van der Waals surface area contributed by atoms with Gasteiger partial charge >= 0.3 is 5.97 Å². The number of carboxylic acids is 1. The maximum absolute atomic E-state index is 12.3. The maximum Gasteiger partial charge on any atom is 0.308 e. The van der Waals surface area contributed by atoms with E-state index in [0.29, 0.717) is 25.9 Å². The molecule has 1 heterocycles. The second-order valence-electron chi connectivity index (χ2n) is 6.55. The topological polar surface area (TPSA) is 57.6 Å². The van der Waals surface area contributed by atoms with Gasteiger partial charge in [0.1, 0.15) is 0 Å². The highest BCUT2D eigenvalue weighted by atomic mass is 16.4. The van der Waals surface area contributed by atoms with Gasteiger partial charge in [-0.2, -0.15) is 0 Å². The van der Waals surface area contributed by atoms with Gasteiger partial charge in [-0.05, 0) is 42.0 Å². The number of carbonyl (C=O) groups excluding carboxylic acids is 1. The number of likely N-dealkylation sites (tertiary alicyclic amines) is 1. The molecule has 0 aliphatic carbocycles. The van der Waals surface area contributed by atoms with Crippen LogP contribution in [0.3, 0.4) is 0 Å². The van der Waals surface area contributed by atoms with Gasteiger partial charge in [0.15, 0.2) is 0 Å². The van der Waals surface area contributed by atoms with Crippen LogP contribution in [-0.2, 0) is 16.0 Å². The Morgan fingerprint density at radius 3 is 2.71 bits per heavy atom. The quantitative estimate of drug-likeness (QED) is 0.915. The summed E-state index contributed by atoms with van der Waals surface area (Å²) < 4.78 is 0. The Balaban J connectivity index is 1.51. The fraction of sp³-hybridized carbons (Fsp3) is 0.400. The first-order valence-electron chi connectivity index (χ1n) is 8.62. The molecule has 1 saturated heterocycles. The lowest BCUT2D eigenvalue weighted by Gasteiger charge is -2.30. The van der Waals surface area contributed by atoms with E-state index in [1.54, 1.807) is 4.90 Å². The molecule has 126 valence electrons. The van der Waals surface area contributed by atoms with Gasteiger partial charge < -0.3 is 10.0 Å². The number of nitrogens with zero attached hydrogens (tertiary/aromatic N) is 1. The number of rotatable bonds is 5. The minimum absolute atomic E-state index is 0.0849. The van der Waals surface area contributed by atoms with Crippen molar-refractivity contribution in [2.45, 2.75) is 32.1 Å². The van der Waals surface area contributed by atoms with Crippen LogP contribution in [0.1, 0.15) is 31.2 Å². The Morgan fingerprint density at radius 2 is 1.92 bits per heavy atom. The summed E-state index contributed by atoms with van der Waals surface area (Å²) in [5, 5.41) is 11.6. The maximum atomic E-state index is 12.3. The van der Waals surface area contributed by atoms with Crippen LogP contribution in [0, 0.1) is 5.92 Å². The van der Waals surface area contributed by atoms with Crippen molar-refractivity contribution in [1.29, 1.82) is 0 Å². The molecule has 1 amide bonds. The van der Waals surface area contributed by atoms with Crippen molar-refractivity contribution in [2.24, 2.45) is 5.92 Å². The summed E-state index contributed by atoms with van der Waals surface area (Å²) in [6.45, 7) is 1.06. The fourth-order valence-electron chi connectivity index (χ4n) is 3.40. The molecule has 0 spiro atoms. The molecule has 2 aromatic rings. The lowest BCUT2D eigenvalue weighted by Crippen LogP contribution is -2.42. The van der Waals surface area contributed by atoms with Gasteiger partial charge in [-0.3, -0.25) is 9.59 Å². The van der Waals surface area contributed by atoms with Gasteiger partial charge in [-0.1, -0.05) is 42.5 Å².